The lowest BCUT2D eigenvalue weighted by molar-refractivity contribution is -0.182. The van der Waals surface area contributed by atoms with E-state index in [1.807, 2.05) is 0 Å². The van der Waals surface area contributed by atoms with Crippen molar-refractivity contribution in [2.75, 3.05) is 7.11 Å². The number of ether oxygens (including phenoxy) is 1. The van der Waals surface area contributed by atoms with Gasteiger partial charge in [0.1, 0.15) is 10.6 Å². The molecule has 0 aromatic heterocycles. The third-order valence-electron chi connectivity index (χ3n) is 3.93. The van der Waals surface area contributed by atoms with Crippen molar-refractivity contribution >= 4 is 26.0 Å². The number of alkyl halides is 3. The number of nitrogens with one attached hydrogen (secondary N) is 1. The van der Waals surface area contributed by atoms with Gasteiger partial charge in [0, 0.05) is 10.5 Å². The highest BCUT2D eigenvalue weighted by Crippen LogP contribution is 2.38. The van der Waals surface area contributed by atoms with E-state index in [0.717, 1.165) is 0 Å². The predicted octanol–water partition coefficient (Wildman–Crippen LogP) is 3.86. The summed E-state index contributed by atoms with van der Waals surface area (Å²) in [5, 5.41) is 0. The van der Waals surface area contributed by atoms with E-state index in [1.165, 1.54) is 19.2 Å². The van der Waals surface area contributed by atoms with Crippen LogP contribution in [0.5, 0.6) is 5.75 Å². The molecule has 1 aromatic carbocycles. The minimum Gasteiger partial charge on any atom is -0.495 e. The number of rotatable bonds is 4. The second kappa shape index (κ2) is 6.98. The average Bonchev–Trinajstić information content (AvgIpc) is 2.46. The zero-order valence-corrected chi connectivity index (χ0v) is 14.8. The van der Waals surface area contributed by atoms with Crippen LogP contribution in [0.4, 0.5) is 13.2 Å². The number of methoxy groups -OCH3 is 1. The molecule has 0 unspecified atom stereocenters. The first-order chi connectivity index (χ1) is 10.6. The van der Waals surface area contributed by atoms with E-state index in [1.54, 1.807) is 6.07 Å². The van der Waals surface area contributed by atoms with Gasteiger partial charge in [-0.1, -0.05) is 15.9 Å². The van der Waals surface area contributed by atoms with Crippen LogP contribution in [0.25, 0.3) is 0 Å². The Labute approximate surface area is 141 Å². The van der Waals surface area contributed by atoms with Crippen molar-refractivity contribution in [3.8, 4) is 5.75 Å². The quantitative estimate of drug-likeness (QED) is 0.811. The van der Waals surface area contributed by atoms with Gasteiger partial charge in [-0.3, -0.25) is 0 Å². The summed E-state index contributed by atoms with van der Waals surface area (Å²) >= 11 is 3.20. The van der Waals surface area contributed by atoms with E-state index in [4.69, 9.17) is 4.74 Å². The van der Waals surface area contributed by atoms with E-state index >= 15 is 0 Å². The Balaban J connectivity index is 2.10. The molecule has 1 aromatic rings. The van der Waals surface area contributed by atoms with Crippen LogP contribution in [0.1, 0.15) is 25.7 Å². The van der Waals surface area contributed by atoms with Crippen molar-refractivity contribution in [1.29, 1.82) is 0 Å². The van der Waals surface area contributed by atoms with Gasteiger partial charge in [0.25, 0.3) is 0 Å². The summed E-state index contributed by atoms with van der Waals surface area (Å²) in [5.41, 5.74) is 0. The highest BCUT2D eigenvalue weighted by atomic mass is 79.9. The average molecular weight is 416 g/mol. The van der Waals surface area contributed by atoms with Gasteiger partial charge >= 0.3 is 6.18 Å². The van der Waals surface area contributed by atoms with Gasteiger partial charge in [0.05, 0.1) is 13.0 Å². The molecule has 0 heterocycles. The maximum absolute atomic E-state index is 12.7. The van der Waals surface area contributed by atoms with Gasteiger partial charge in [-0.05, 0) is 43.9 Å². The van der Waals surface area contributed by atoms with E-state index in [9.17, 15) is 21.6 Å². The molecule has 1 aliphatic rings. The Morgan fingerprint density at radius 1 is 1.22 bits per heavy atom. The molecule has 0 bridgehead atoms. The summed E-state index contributed by atoms with van der Waals surface area (Å²) < 4.78 is 71.0. The SMILES string of the molecule is COc1ccc(Br)cc1S(=O)(=O)NC1CCC(C(F)(F)F)CC1. The highest BCUT2D eigenvalue weighted by Gasteiger charge is 2.42. The van der Waals surface area contributed by atoms with Crippen LogP contribution in [0.2, 0.25) is 0 Å². The van der Waals surface area contributed by atoms with Crippen LogP contribution in [0.3, 0.4) is 0 Å². The van der Waals surface area contributed by atoms with E-state index in [0.29, 0.717) is 4.47 Å². The van der Waals surface area contributed by atoms with Crippen molar-refractivity contribution in [2.24, 2.45) is 5.92 Å². The molecule has 9 heteroatoms. The first kappa shape index (κ1) is 18.5. The summed E-state index contributed by atoms with van der Waals surface area (Å²) in [5.74, 6) is -1.16. The summed E-state index contributed by atoms with van der Waals surface area (Å²) in [6.45, 7) is 0. The van der Waals surface area contributed by atoms with Gasteiger partial charge in [-0.15, -0.1) is 0 Å². The molecule has 0 saturated heterocycles. The molecule has 1 fully saturated rings. The number of hydrogen-bond donors (Lipinski definition) is 1. The normalized spacial score (nSPS) is 22.8. The molecular formula is C14H17BrF3NO3S. The molecule has 1 N–H and O–H groups in total. The van der Waals surface area contributed by atoms with Crippen LogP contribution in [0, 0.1) is 5.92 Å². The van der Waals surface area contributed by atoms with Gasteiger partial charge in [-0.25, -0.2) is 13.1 Å². The lowest BCUT2D eigenvalue weighted by atomic mass is 9.86. The summed E-state index contributed by atoms with van der Waals surface area (Å²) in [6.07, 6.45) is -4.00. The fourth-order valence-corrected chi connectivity index (χ4v) is 4.69. The standard InChI is InChI=1S/C14H17BrF3NO3S/c1-22-12-7-4-10(15)8-13(12)23(20,21)19-11-5-2-9(3-6-11)14(16,17)18/h4,7-9,11,19H,2-3,5-6H2,1H3. The van der Waals surface area contributed by atoms with Crippen molar-refractivity contribution in [2.45, 2.75) is 42.8 Å². The molecule has 0 radical (unpaired) electrons. The van der Waals surface area contributed by atoms with Crippen LogP contribution in [-0.2, 0) is 10.0 Å². The zero-order valence-electron chi connectivity index (χ0n) is 12.4. The van der Waals surface area contributed by atoms with E-state index in [-0.39, 0.29) is 36.3 Å². The predicted molar refractivity (Wildman–Crippen MR) is 82.8 cm³/mol. The van der Waals surface area contributed by atoms with Gasteiger partial charge in [0.2, 0.25) is 10.0 Å². The molecule has 0 atom stereocenters. The first-order valence-corrected chi connectivity index (χ1v) is 9.33. The fourth-order valence-electron chi connectivity index (χ4n) is 2.68. The van der Waals surface area contributed by atoms with Crippen LogP contribution in [-0.4, -0.2) is 27.7 Å². The van der Waals surface area contributed by atoms with Crippen LogP contribution < -0.4 is 9.46 Å². The van der Waals surface area contributed by atoms with Gasteiger partial charge < -0.3 is 4.74 Å². The highest BCUT2D eigenvalue weighted by molar-refractivity contribution is 9.10. The van der Waals surface area contributed by atoms with Crippen molar-refractivity contribution in [3.63, 3.8) is 0 Å². The van der Waals surface area contributed by atoms with E-state index < -0.39 is 28.2 Å². The fraction of sp³-hybridized carbons (Fsp3) is 0.571. The maximum Gasteiger partial charge on any atom is 0.391 e. The van der Waals surface area contributed by atoms with E-state index in [2.05, 4.69) is 20.7 Å². The number of benzene rings is 1. The largest absolute Gasteiger partial charge is 0.495 e. The Kier molecular flexibility index (Phi) is 5.63. The smallest absolute Gasteiger partial charge is 0.391 e. The van der Waals surface area contributed by atoms with Crippen LogP contribution >= 0.6 is 15.9 Å². The molecule has 0 spiro atoms. The summed E-state index contributed by atoms with van der Waals surface area (Å²) in [7, 11) is -2.51. The molecule has 2 rings (SSSR count). The monoisotopic (exact) mass is 415 g/mol. The molecular weight excluding hydrogens is 399 g/mol. The Hall–Kier alpha value is -0.800. The number of halogens is 4. The molecule has 130 valence electrons. The Morgan fingerprint density at radius 3 is 2.35 bits per heavy atom. The van der Waals surface area contributed by atoms with Gasteiger partial charge in [-0.2, -0.15) is 13.2 Å². The Morgan fingerprint density at radius 2 is 1.83 bits per heavy atom. The molecule has 1 aliphatic carbocycles. The Bertz CT molecular complexity index is 656. The third kappa shape index (κ3) is 4.60. The molecule has 23 heavy (non-hydrogen) atoms. The van der Waals surface area contributed by atoms with Crippen LogP contribution in [0.15, 0.2) is 27.6 Å². The van der Waals surface area contributed by atoms with Gasteiger partial charge in [0.15, 0.2) is 0 Å². The number of sulfonamides is 1. The third-order valence-corrected chi connectivity index (χ3v) is 5.96. The second-order valence-corrected chi connectivity index (χ2v) is 8.10. The lowest BCUT2D eigenvalue weighted by Crippen LogP contribution is -2.40. The minimum atomic E-state index is -4.21. The van der Waals surface area contributed by atoms with Crippen molar-refractivity contribution < 1.29 is 26.3 Å². The minimum absolute atomic E-state index is 0.0349. The second-order valence-electron chi connectivity index (χ2n) is 5.51. The first-order valence-electron chi connectivity index (χ1n) is 7.06. The van der Waals surface area contributed by atoms with Crippen molar-refractivity contribution in [3.05, 3.63) is 22.7 Å². The summed E-state index contributed by atoms with van der Waals surface area (Å²) in [4.78, 5) is -0.0349. The lowest BCUT2D eigenvalue weighted by Gasteiger charge is -2.30. The molecule has 0 aliphatic heterocycles. The molecule has 4 nitrogen and oxygen atoms in total. The zero-order chi connectivity index (χ0) is 17.3. The topological polar surface area (TPSA) is 55.4 Å². The molecule has 1 saturated carbocycles. The summed E-state index contributed by atoms with van der Waals surface area (Å²) in [6, 6.07) is 4.07. The maximum atomic E-state index is 12.7. The van der Waals surface area contributed by atoms with Crippen molar-refractivity contribution in [1.82, 2.24) is 4.72 Å². The molecule has 0 amide bonds. The number of hydrogen-bond acceptors (Lipinski definition) is 3.